The van der Waals surface area contributed by atoms with E-state index in [1.54, 1.807) is 6.07 Å². The Morgan fingerprint density at radius 3 is 2.72 bits per heavy atom. The highest BCUT2D eigenvalue weighted by atomic mass is 16.5. The van der Waals surface area contributed by atoms with E-state index >= 15 is 0 Å². The highest BCUT2D eigenvalue weighted by Gasteiger charge is 2.30. The number of aromatic nitrogens is 1. The summed E-state index contributed by atoms with van der Waals surface area (Å²) in [4.78, 5) is 12.9. The SMILES string of the molecule is CCn1cc(/C=C2/Oc3c(ccc(OCC=C(C)C)c3C)C2=O)c2ccccc21. The van der Waals surface area contributed by atoms with Crippen LogP contribution in [0.1, 0.15) is 42.3 Å². The Hall–Kier alpha value is -3.27. The minimum atomic E-state index is -0.0905. The Morgan fingerprint density at radius 2 is 1.97 bits per heavy atom. The Morgan fingerprint density at radius 1 is 1.17 bits per heavy atom. The van der Waals surface area contributed by atoms with Crippen LogP contribution < -0.4 is 9.47 Å². The number of carbonyl (C=O) groups is 1. The van der Waals surface area contributed by atoms with E-state index in [9.17, 15) is 4.79 Å². The first-order chi connectivity index (χ1) is 14.0. The standard InChI is InChI=1S/C25H25NO3/c1-5-26-15-18(19-8-6-7-9-21(19)26)14-23-24(27)20-10-11-22(17(4)25(20)29-23)28-13-12-16(2)3/h6-12,14-15H,5,13H2,1-4H3/b23-14+. The maximum atomic E-state index is 12.9. The Labute approximate surface area is 171 Å². The molecule has 1 aromatic heterocycles. The van der Waals surface area contributed by atoms with Gasteiger partial charge in [-0.1, -0.05) is 23.8 Å². The van der Waals surface area contributed by atoms with Gasteiger partial charge in [0.1, 0.15) is 18.1 Å². The van der Waals surface area contributed by atoms with Crippen LogP contribution in [0.2, 0.25) is 0 Å². The molecule has 0 fully saturated rings. The zero-order valence-electron chi connectivity index (χ0n) is 17.3. The number of fused-ring (bicyclic) bond motifs is 2. The van der Waals surface area contributed by atoms with Crippen molar-refractivity contribution in [2.45, 2.75) is 34.2 Å². The first kappa shape index (κ1) is 19.1. The monoisotopic (exact) mass is 387 g/mol. The summed E-state index contributed by atoms with van der Waals surface area (Å²) in [6, 6.07) is 11.8. The van der Waals surface area contributed by atoms with Crippen molar-refractivity contribution in [3.63, 3.8) is 0 Å². The van der Waals surface area contributed by atoms with Crippen LogP contribution in [0, 0.1) is 6.92 Å². The molecule has 1 aliphatic rings. The van der Waals surface area contributed by atoms with E-state index in [0.717, 1.165) is 34.3 Å². The molecular formula is C25H25NO3. The molecule has 0 unspecified atom stereocenters. The van der Waals surface area contributed by atoms with E-state index in [4.69, 9.17) is 9.47 Å². The van der Waals surface area contributed by atoms with Crippen LogP contribution in [0.4, 0.5) is 0 Å². The summed E-state index contributed by atoms with van der Waals surface area (Å²) in [5.74, 6) is 1.59. The Balaban J connectivity index is 1.68. The molecule has 2 heterocycles. The zero-order chi connectivity index (χ0) is 20.5. The van der Waals surface area contributed by atoms with Crippen molar-refractivity contribution in [2.75, 3.05) is 6.61 Å². The van der Waals surface area contributed by atoms with Crippen molar-refractivity contribution < 1.29 is 14.3 Å². The summed E-state index contributed by atoms with van der Waals surface area (Å²) in [5.41, 5.74) is 4.76. The molecule has 4 nitrogen and oxygen atoms in total. The summed E-state index contributed by atoms with van der Waals surface area (Å²) in [7, 11) is 0. The van der Waals surface area contributed by atoms with Crippen LogP contribution in [0.15, 0.2) is 60.0 Å². The van der Waals surface area contributed by atoms with Gasteiger partial charge in [-0.05, 0) is 58.0 Å². The highest BCUT2D eigenvalue weighted by Crippen LogP contribution is 2.39. The van der Waals surface area contributed by atoms with E-state index in [2.05, 4.69) is 29.8 Å². The maximum Gasteiger partial charge on any atom is 0.231 e. The molecule has 0 N–H and O–H groups in total. The summed E-state index contributed by atoms with van der Waals surface area (Å²) in [6.45, 7) is 9.46. The fraction of sp³-hybridized carbons (Fsp3) is 0.240. The number of ether oxygens (including phenoxy) is 2. The van der Waals surface area contributed by atoms with Crippen molar-refractivity contribution in [2.24, 2.45) is 0 Å². The summed E-state index contributed by atoms with van der Waals surface area (Å²) < 4.78 is 14.0. The lowest BCUT2D eigenvalue weighted by Crippen LogP contribution is -1.98. The average Bonchev–Trinajstić information content (AvgIpc) is 3.22. The molecule has 4 rings (SSSR count). The quantitative estimate of drug-likeness (QED) is 0.402. The smallest absolute Gasteiger partial charge is 0.231 e. The molecule has 3 aromatic rings. The Bertz CT molecular complexity index is 1160. The summed E-state index contributed by atoms with van der Waals surface area (Å²) >= 11 is 0. The molecule has 148 valence electrons. The van der Waals surface area contributed by atoms with Gasteiger partial charge in [0.15, 0.2) is 5.76 Å². The number of ketones is 1. The Kier molecular flexibility index (Phi) is 5.01. The van der Waals surface area contributed by atoms with Crippen molar-refractivity contribution in [1.29, 1.82) is 0 Å². The molecule has 0 amide bonds. The topological polar surface area (TPSA) is 40.5 Å². The van der Waals surface area contributed by atoms with Gasteiger partial charge in [0.2, 0.25) is 5.78 Å². The van der Waals surface area contributed by atoms with Crippen molar-refractivity contribution in [3.8, 4) is 11.5 Å². The molecule has 0 bridgehead atoms. The lowest BCUT2D eigenvalue weighted by molar-refractivity contribution is 0.101. The first-order valence-corrected chi connectivity index (χ1v) is 9.91. The predicted octanol–water partition coefficient (Wildman–Crippen LogP) is 5.93. The number of hydrogen-bond acceptors (Lipinski definition) is 3. The van der Waals surface area contributed by atoms with Crippen LogP contribution in [0.5, 0.6) is 11.5 Å². The van der Waals surface area contributed by atoms with Gasteiger partial charge in [-0.3, -0.25) is 4.79 Å². The molecule has 0 spiro atoms. The van der Waals surface area contributed by atoms with Gasteiger partial charge in [-0.25, -0.2) is 0 Å². The average molecular weight is 387 g/mol. The van der Waals surface area contributed by atoms with Crippen molar-refractivity contribution >= 4 is 22.8 Å². The number of aryl methyl sites for hydroxylation is 1. The number of carbonyl (C=O) groups excluding carboxylic acids is 1. The predicted molar refractivity (Wildman–Crippen MR) is 117 cm³/mol. The number of hydrogen-bond donors (Lipinski definition) is 0. The third-order valence-electron chi connectivity index (χ3n) is 5.21. The number of allylic oxidation sites excluding steroid dienone is 2. The van der Waals surface area contributed by atoms with E-state index in [1.165, 1.54) is 5.57 Å². The second kappa shape index (κ2) is 7.63. The van der Waals surface area contributed by atoms with E-state index in [-0.39, 0.29) is 5.78 Å². The number of rotatable bonds is 5. The molecule has 0 saturated heterocycles. The molecule has 4 heteroatoms. The van der Waals surface area contributed by atoms with E-state index in [1.807, 2.05) is 51.1 Å². The highest BCUT2D eigenvalue weighted by molar-refractivity contribution is 6.15. The van der Waals surface area contributed by atoms with Crippen LogP contribution >= 0.6 is 0 Å². The number of para-hydroxylation sites is 1. The number of benzene rings is 2. The first-order valence-electron chi connectivity index (χ1n) is 9.91. The van der Waals surface area contributed by atoms with Gasteiger partial charge in [0, 0.05) is 34.8 Å². The second-order valence-electron chi connectivity index (χ2n) is 7.49. The van der Waals surface area contributed by atoms with Crippen molar-refractivity contribution in [1.82, 2.24) is 4.57 Å². The lowest BCUT2D eigenvalue weighted by Gasteiger charge is -2.10. The van der Waals surface area contributed by atoms with Gasteiger partial charge in [0.25, 0.3) is 0 Å². The zero-order valence-corrected chi connectivity index (χ0v) is 17.3. The number of nitrogens with zero attached hydrogens (tertiary/aromatic N) is 1. The minimum absolute atomic E-state index is 0.0905. The van der Waals surface area contributed by atoms with Gasteiger partial charge in [0.05, 0.1) is 5.56 Å². The molecule has 1 aliphatic heterocycles. The van der Waals surface area contributed by atoms with Gasteiger partial charge in [-0.2, -0.15) is 0 Å². The van der Waals surface area contributed by atoms with Gasteiger partial charge >= 0.3 is 0 Å². The third-order valence-corrected chi connectivity index (χ3v) is 5.21. The normalized spacial score (nSPS) is 14.2. The summed E-state index contributed by atoms with van der Waals surface area (Å²) in [5, 5.41) is 1.11. The molecular weight excluding hydrogens is 362 g/mol. The largest absolute Gasteiger partial charge is 0.489 e. The second-order valence-corrected chi connectivity index (χ2v) is 7.49. The molecule has 0 aliphatic carbocycles. The molecule has 0 saturated carbocycles. The maximum absolute atomic E-state index is 12.9. The molecule has 0 radical (unpaired) electrons. The lowest BCUT2D eigenvalue weighted by atomic mass is 10.1. The van der Waals surface area contributed by atoms with Crippen LogP contribution in [-0.2, 0) is 6.54 Å². The van der Waals surface area contributed by atoms with Gasteiger partial charge < -0.3 is 14.0 Å². The number of Topliss-reactive ketones (excluding diaryl/α,β-unsaturated/α-hetero) is 1. The fourth-order valence-electron chi connectivity index (χ4n) is 3.62. The van der Waals surface area contributed by atoms with E-state index in [0.29, 0.717) is 23.7 Å². The third kappa shape index (κ3) is 3.46. The molecule has 29 heavy (non-hydrogen) atoms. The molecule has 0 atom stereocenters. The molecule has 2 aromatic carbocycles. The minimum Gasteiger partial charge on any atom is -0.489 e. The van der Waals surface area contributed by atoms with Crippen LogP contribution in [-0.4, -0.2) is 17.0 Å². The van der Waals surface area contributed by atoms with E-state index < -0.39 is 0 Å². The summed E-state index contributed by atoms with van der Waals surface area (Å²) in [6.07, 6.45) is 5.94. The van der Waals surface area contributed by atoms with Crippen LogP contribution in [0.25, 0.3) is 17.0 Å². The van der Waals surface area contributed by atoms with Gasteiger partial charge in [-0.15, -0.1) is 0 Å². The van der Waals surface area contributed by atoms with Crippen LogP contribution in [0.3, 0.4) is 0 Å². The fourth-order valence-corrected chi connectivity index (χ4v) is 3.62. The van der Waals surface area contributed by atoms with Crippen molar-refractivity contribution in [3.05, 3.63) is 76.7 Å².